The maximum atomic E-state index is 11.5. The van der Waals surface area contributed by atoms with Gasteiger partial charge in [-0.1, -0.05) is 0 Å². The molecular weight excluding hydrogens is 214 g/mol. The number of rotatable bonds is 4. The SMILES string of the molecule is CC1CCC(C(=O)NCC(C)(O)C(=O)O)O1. The van der Waals surface area contributed by atoms with E-state index in [-0.39, 0.29) is 18.6 Å². The van der Waals surface area contributed by atoms with Crippen molar-refractivity contribution in [2.75, 3.05) is 6.54 Å². The van der Waals surface area contributed by atoms with Crippen LogP contribution in [-0.2, 0) is 14.3 Å². The highest BCUT2D eigenvalue weighted by Crippen LogP contribution is 2.19. The molecule has 0 aromatic rings. The molecule has 3 atom stereocenters. The summed E-state index contributed by atoms with van der Waals surface area (Å²) < 4.78 is 5.31. The molecule has 0 aromatic heterocycles. The molecule has 3 N–H and O–H groups in total. The lowest BCUT2D eigenvalue weighted by Crippen LogP contribution is -2.48. The predicted molar refractivity (Wildman–Crippen MR) is 54.8 cm³/mol. The molecule has 1 saturated heterocycles. The Bertz CT molecular complexity index is 289. The Morgan fingerprint density at radius 1 is 1.50 bits per heavy atom. The highest BCUT2D eigenvalue weighted by atomic mass is 16.5. The number of ether oxygens (including phenoxy) is 1. The van der Waals surface area contributed by atoms with Crippen molar-refractivity contribution in [3.05, 3.63) is 0 Å². The van der Waals surface area contributed by atoms with Crippen molar-refractivity contribution in [3.63, 3.8) is 0 Å². The van der Waals surface area contributed by atoms with Gasteiger partial charge in [0.15, 0.2) is 5.60 Å². The van der Waals surface area contributed by atoms with Gasteiger partial charge in [-0.15, -0.1) is 0 Å². The number of carbonyl (C=O) groups is 2. The van der Waals surface area contributed by atoms with Gasteiger partial charge in [0.1, 0.15) is 6.10 Å². The van der Waals surface area contributed by atoms with Crippen LogP contribution in [0.3, 0.4) is 0 Å². The number of aliphatic hydroxyl groups is 1. The maximum absolute atomic E-state index is 11.5. The van der Waals surface area contributed by atoms with Crippen LogP contribution < -0.4 is 5.32 Å². The minimum atomic E-state index is -1.94. The van der Waals surface area contributed by atoms with E-state index < -0.39 is 17.7 Å². The van der Waals surface area contributed by atoms with Crippen LogP contribution in [-0.4, -0.2) is 46.4 Å². The van der Waals surface area contributed by atoms with Crippen LogP contribution in [0.5, 0.6) is 0 Å². The fraction of sp³-hybridized carbons (Fsp3) is 0.800. The first-order chi connectivity index (χ1) is 7.33. The van der Waals surface area contributed by atoms with Gasteiger partial charge in [0.25, 0.3) is 0 Å². The van der Waals surface area contributed by atoms with Crippen molar-refractivity contribution in [3.8, 4) is 0 Å². The van der Waals surface area contributed by atoms with Crippen LogP contribution in [0.4, 0.5) is 0 Å². The summed E-state index contributed by atoms with van der Waals surface area (Å²) in [6.45, 7) is 2.68. The van der Waals surface area contributed by atoms with Crippen molar-refractivity contribution in [1.29, 1.82) is 0 Å². The second-order valence-electron chi connectivity index (χ2n) is 4.31. The Hall–Kier alpha value is -1.14. The van der Waals surface area contributed by atoms with Crippen LogP contribution in [0.1, 0.15) is 26.7 Å². The number of hydrogen-bond acceptors (Lipinski definition) is 4. The predicted octanol–water partition coefficient (Wildman–Crippen LogP) is -0.494. The molecule has 1 heterocycles. The lowest BCUT2D eigenvalue weighted by Gasteiger charge is -2.19. The summed E-state index contributed by atoms with van der Waals surface area (Å²) in [7, 11) is 0. The van der Waals surface area contributed by atoms with Gasteiger partial charge in [0, 0.05) is 0 Å². The number of carboxylic acid groups (broad SMARTS) is 1. The van der Waals surface area contributed by atoms with Gasteiger partial charge >= 0.3 is 5.97 Å². The van der Waals surface area contributed by atoms with Gasteiger partial charge in [0.05, 0.1) is 12.6 Å². The number of hydrogen-bond donors (Lipinski definition) is 3. The molecule has 1 aliphatic rings. The molecule has 92 valence electrons. The summed E-state index contributed by atoms with van der Waals surface area (Å²) >= 11 is 0. The Morgan fingerprint density at radius 2 is 2.12 bits per heavy atom. The van der Waals surface area contributed by atoms with Gasteiger partial charge < -0.3 is 20.3 Å². The zero-order chi connectivity index (χ0) is 12.3. The van der Waals surface area contributed by atoms with E-state index in [1.165, 1.54) is 0 Å². The van der Waals surface area contributed by atoms with E-state index >= 15 is 0 Å². The monoisotopic (exact) mass is 231 g/mol. The summed E-state index contributed by atoms with van der Waals surface area (Å²) in [5, 5.41) is 20.4. The van der Waals surface area contributed by atoms with Crippen LogP contribution in [0.2, 0.25) is 0 Å². The molecule has 1 aliphatic heterocycles. The summed E-state index contributed by atoms with van der Waals surface area (Å²) in [6.07, 6.45) is 0.964. The Morgan fingerprint density at radius 3 is 2.56 bits per heavy atom. The van der Waals surface area contributed by atoms with Gasteiger partial charge in [0.2, 0.25) is 5.91 Å². The lowest BCUT2D eigenvalue weighted by atomic mass is 10.1. The van der Waals surface area contributed by atoms with E-state index in [9.17, 15) is 14.7 Å². The highest BCUT2D eigenvalue weighted by molar-refractivity contribution is 5.83. The average molecular weight is 231 g/mol. The van der Waals surface area contributed by atoms with E-state index in [0.29, 0.717) is 6.42 Å². The summed E-state index contributed by atoms with van der Waals surface area (Å²) in [5.41, 5.74) is -1.94. The normalized spacial score (nSPS) is 28.4. The Labute approximate surface area is 93.6 Å². The van der Waals surface area contributed by atoms with E-state index in [1.54, 1.807) is 0 Å². The van der Waals surface area contributed by atoms with Gasteiger partial charge in [-0.2, -0.15) is 0 Å². The molecule has 0 radical (unpaired) electrons. The second kappa shape index (κ2) is 4.80. The highest BCUT2D eigenvalue weighted by Gasteiger charge is 2.33. The van der Waals surface area contributed by atoms with Gasteiger partial charge in [-0.25, -0.2) is 4.79 Å². The maximum Gasteiger partial charge on any atom is 0.337 e. The largest absolute Gasteiger partial charge is 0.479 e. The average Bonchev–Trinajstić information content (AvgIpc) is 2.61. The van der Waals surface area contributed by atoms with Crippen LogP contribution in [0, 0.1) is 0 Å². The molecule has 0 spiro atoms. The molecule has 0 aromatic carbocycles. The third-order valence-corrected chi connectivity index (χ3v) is 2.59. The minimum absolute atomic E-state index is 0.0516. The third-order valence-electron chi connectivity index (χ3n) is 2.59. The molecule has 3 unspecified atom stereocenters. The summed E-state index contributed by atoms with van der Waals surface area (Å²) in [4.78, 5) is 22.1. The number of carbonyl (C=O) groups excluding carboxylic acids is 1. The Kier molecular flexibility index (Phi) is 3.88. The molecule has 1 fully saturated rings. The molecular formula is C10H17NO5. The molecule has 1 rings (SSSR count). The number of carboxylic acids is 1. The number of nitrogens with one attached hydrogen (secondary N) is 1. The molecule has 1 amide bonds. The van der Waals surface area contributed by atoms with Gasteiger partial charge in [-0.05, 0) is 26.7 Å². The van der Waals surface area contributed by atoms with Crippen molar-refractivity contribution < 1.29 is 24.5 Å². The van der Waals surface area contributed by atoms with Gasteiger partial charge in [-0.3, -0.25) is 4.79 Å². The van der Waals surface area contributed by atoms with Crippen molar-refractivity contribution in [1.82, 2.24) is 5.32 Å². The molecule has 0 bridgehead atoms. The van der Waals surface area contributed by atoms with Crippen LogP contribution >= 0.6 is 0 Å². The van der Waals surface area contributed by atoms with Crippen molar-refractivity contribution in [2.24, 2.45) is 0 Å². The first-order valence-corrected chi connectivity index (χ1v) is 5.22. The smallest absolute Gasteiger partial charge is 0.337 e. The van der Waals surface area contributed by atoms with Crippen LogP contribution in [0.25, 0.3) is 0 Å². The summed E-state index contributed by atoms with van der Waals surface area (Å²) in [5.74, 6) is -1.74. The number of aliphatic carboxylic acids is 1. The molecule has 6 nitrogen and oxygen atoms in total. The van der Waals surface area contributed by atoms with E-state index in [0.717, 1.165) is 13.3 Å². The van der Waals surface area contributed by atoms with E-state index in [1.807, 2.05) is 6.92 Å². The van der Waals surface area contributed by atoms with Crippen LogP contribution in [0.15, 0.2) is 0 Å². The molecule has 6 heteroatoms. The third kappa shape index (κ3) is 3.18. The van der Waals surface area contributed by atoms with Crippen molar-refractivity contribution >= 4 is 11.9 Å². The van der Waals surface area contributed by atoms with Crippen molar-refractivity contribution in [2.45, 2.75) is 44.5 Å². The fourth-order valence-corrected chi connectivity index (χ4v) is 1.44. The lowest BCUT2D eigenvalue weighted by molar-refractivity contribution is -0.156. The molecule has 0 aliphatic carbocycles. The summed E-state index contributed by atoms with van der Waals surface area (Å²) in [6, 6.07) is 0. The molecule has 0 saturated carbocycles. The second-order valence-corrected chi connectivity index (χ2v) is 4.31. The topological polar surface area (TPSA) is 95.9 Å². The fourth-order valence-electron chi connectivity index (χ4n) is 1.44. The minimum Gasteiger partial charge on any atom is -0.479 e. The van der Waals surface area contributed by atoms with E-state index in [4.69, 9.17) is 9.84 Å². The zero-order valence-electron chi connectivity index (χ0n) is 9.40. The zero-order valence-corrected chi connectivity index (χ0v) is 9.40. The Balaban J connectivity index is 2.38. The standard InChI is InChI=1S/C10H17NO5/c1-6-3-4-7(16-6)8(12)11-5-10(2,15)9(13)14/h6-7,15H,3-5H2,1-2H3,(H,11,12)(H,13,14). The quantitative estimate of drug-likeness (QED) is 0.606. The molecule has 16 heavy (non-hydrogen) atoms. The number of amides is 1. The first-order valence-electron chi connectivity index (χ1n) is 5.22. The van der Waals surface area contributed by atoms with E-state index in [2.05, 4.69) is 5.32 Å². The first kappa shape index (κ1) is 12.9.